The third-order valence-electron chi connectivity index (χ3n) is 4.30. The molecule has 1 fully saturated rings. The van der Waals surface area contributed by atoms with Crippen molar-refractivity contribution in [1.29, 1.82) is 0 Å². The number of nitrogens with two attached hydrogens (primary N) is 1. The van der Waals surface area contributed by atoms with E-state index in [2.05, 4.69) is 10.3 Å². The number of aromatic nitrogens is 2. The second-order valence-electron chi connectivity index (χ2n) is 5.89. The van der Waals surface area contributed by atoms with Crippen LogP contribution >= 0.6 is 0 Å². The minimum absolute atomic E-state index is 0.160. The van der Waals surface area contributed by atoms with E-state index in [0.29, 0.717) is 22.9 Å². The second-order valence-corrected chi connectivity index (χ2v) is 5.89. The molecule has 0 aliphatic heterocycles. The molecule has 0 unspecified atom stereocenters. The van der Waals surface area contributed by atoms with Crippen LogP contribution in [0.2, 0.25) is 0 Å². The number of nitrogens with zero attached hydrogens (tertiary/aromatic N) is 2. The van der Waals surface area contributed by atoms with E-state index in [4.69, 9.17) is 15.2 Å². The summed E-state index contributed by atoms with van der Waals surface area (Å²) < 4.78 is 12.5. The third kappa shape index (κ3) is 3.15. The Morgan fingerprint density at radius 3 is 2.62 bits per heavy atom. The number of nitrogen functional groups attached to an aromatic ring is 1. The summed E-state index contributed by atoms with van der Waals surface area (Å²) in [5.74, 6) is 1.15. The molecule has 0 radical (unpaired) electrons. The zero-order valence-corrected chi connectivity index (χ0v) is 13.9. The highest BCUT2D eigenvalue weighted by Gasteiger charge is 2.23. The van der Waals surface area contributed by atoms with Crippen LogP contribution in [0.5, 0.6) is 11.5 Å². The normalized spacial score (nSPS) is 14.6. The molecule has 0 atom stereocenters. The van der Waals surface area contributed by atoms with Gasteiger partial charge in [0.05, 0.1) is 31.7 Å². The van der Waals surface area contributed by atoms with Crippen LogP contribution in [-0.2, 0) is 0 Å². The highest BCUT2D eigenvalue weighted by molar-refractivity contribution is 5.98. The van der Waals surface area contributed by atoms with Crippen molar-refractivity contribution in [3.63, 3.8) is 0 Å². The summed E-state index contributed by atoms with van der Waals surface area (Å²) >= 11 is 0. The van der Waals surface area contributed by atoms with Crippen molar-refractivity contribution in [1.82, 2.24) is 14.9 Å². The number of ether oxygens (including phenoxy) is 2. The zero-order valence-electron chi connectivity index (χ0n) is 13.9. The number of rotatable bonds is 5. The maximum Gasteiger partial charge on any atom is 0.255 e. The first kappa shape index (κ1) is 16.2. The van der Waals surface area contributed by atoms with Crippen molar-refractivity contribution in [2.45, 2.75) is 31.7 Å². The van der Waals surface area contributed by atoms with E-state index >= 15 is 0 Å². The molecule has 1 aliphatic rings. The second kappa shape index (κ2) is 6.82. The van der Waals surface area contributed by atoms with Crippen molar-refractivity contribution in [2.24, 2.45) is 0 Å². The first-order valence-electron chi connectivity index (χ1n) is 7.99. The van der Waals surface area contributed by atoms with Crippen LogP contribution in [0.15, 0.2) is 24.7 Å². The van der Waals surface area contributed by atoms with Crippen molar-refractivity contribution in [2.75, 3.05) is 20.0 Å². The number of amides is 1. The number of nitrogens with one attached hydrogen (secondary N) is 1. The molecule has 3 rings (SSSR count). The van der Waals surface area contributed by atoms with Crippen molar-refractivity contribution < 1.29 is 14.3 Å². The zero-order chi connectivity index (χ0) is 17.1. The molecule has 0 saturated heterocycles. The number of benzene rings is 1. The Labute approximate surface area is 140 Å². The fourth-order valence-electron chi connectivity index (χ4n) is 3.08. The molecule has 128 valence electrons. The average Bonchev–Trinajstić information content (AvgIpc) is 3.25. The summed E-state index contributed by atoms with van der Waals surface area (Å²) in [6.45, 7) is 0. The van der Waals surface area contributed by atoms with Gasteiger partial charge in [-0.15, -0.1) is 0 Å². The predicted molar refractivity (Wildman–Crippen MR) is 90.8 cm³/mol. The molecule has 7 nitrogen and oxygen atoms in total. The van der Waals surface area contributed by atoms with Gasteiger partial charge in [-0.1, -0.05) is 12.8 Å². The van der Waals surface area contributed by atoms with Gasteiger partial charge in [0.25, 0.3) is 5.91 Å². The molecule has 24 heavy (non-hydrogen) atoms. The number of carbonyl (C=O) groups is 1. The molecule has 1 saturated carbocycles. The lowest BCUT2D eigenvalue weighted by Gasteiger charge is -2.17. The molecular formula is C17H22N4O3. The van der Waals surface area contributed by atoms with Crippen LogP contribution in [0.4, 0.5) is 5.82 Å². The first-order chi connectivity index (χ1) is 11.6. The van der Waals surface area contributed by atoms with E-state index in [0.717, 1.165) is 31.4 Å². The molecule has 0 bridgehead atoms. The highest BCUT2D eigenvalue weighted by atomic mass is 16.5. The molecule has 1 heterocycles. The van der Waals surface area contributed by atoms with Crippen LogP contribution in [0.3, 0.4) is 0 Å². The third-order valence-corrected chi connectivity index (χ3v) is 4.30. The van der Waals surface area contributed by atoms with Gasteiger partial charge in [-0.3, -0.25) is 4.79 Å². The number of hydrogen-bond acceptors (Lipinski definition) is 5. The maximum absolute atomic E-state index is 12.7. The molecule has 1 aliphatic carbocycles. The van der Waals surface area contributed by atoms with Gasteiger partial charge in [0.2, 0.25) is 0 Å². The Balaban J connectivity index is 1.99. The van der Waals surface area contributed by atoms with Gasteiger partial charge in [-0.25, -0.2) is 4.98 Å². The summed E-state index contributed by atoms with van der Waals surface area (Å²) in [6, 6.07) is 3.76. The SMILES string of the molecule is COc1cc(-n2cnc(N)c2)cc(C(=O)NC2CCCC2)c1OC. The standard InChI is InChI=1S/C17H22N4O3/c1-23-14-8-12(21-9-15(18)19-10-21)7-13(16(14)24-2)17(22)20-11-5-3-4-6-11/h7-11H,3-6,18H2,1-2H3,(H,20,22). The molecule has 1 aromatic heterocycles. The lowest BCUT2D eigenvalue weighted by atomic mass is 10.1. The number of anilines is 1. The van der Waals surface area contributed by atoms with Crippen LogP contribution < -0.4 is 20.5 Å². The number of hydrogen-bond donors (Lipinski definition) is 2. The Morgan fingerprint density at radius 2 is 2.04 bits per heavy atom. The van der Waals surface area contributed by atoms with Crippen LogP contribution in [0.25, 0.3) is 5.69 Å². The van der Waals surface area contributed by atoms with Crippen LogP contribution in [0.1, 0.15) is 36.0 Å². The highest BCUT2D eigenvalue weighted by Crippen LogP contribution is 2.34. The molecule has 7 heteroatoms. The molecular weight excluding hydrogens is 308 g/mol. The van der Waals surface area contributed by atoms with E-state index in [-0.39, 0.29) is 11.9 Å². The summed E-state index contributed by atoms with van der Waals surface area (Å²) in [4.78, 5) is 16.8. The fourth-order valence-corrected chi connectivity index (χ4v) is 3.08. The van der Waals surface area contributed by atoms with Gasteiger partial charge in [-0.05, 0) is 18.9 Å². The Hall–Kier alpha value is -2.70. The van der Waals surface area contributed by atoms with E-state index in [1.807, 2.05) is 0 Å². The molecule has 1 aromatic carbocycles. The maximum atomic E-state index is 12.7. The number of carbonyl (C=O) groups excluding carboxylic acids is 1. The molecule has 1 amide bonds. The topological polar surface area (TPSA) is 91.4 Å². The average molecular weight is 330 g/mol. The lowest BCUT2D eigenvalue weighted by Crippen LogP contribution is -2.33. The van der Waals surface area contributed by atoms with E-state index in [1.165, 1.54) is 7.11 Å². The lowest BCUT2D eigenvalue weighted by molar-refractivity contribution is 0.0934. The van der Waals surface area contributed by atoms with E-state index < -0.39 is 0 Å². The van der Waals surface area contributed by atoms with Crippen LogP contribution in [0, 0.1) is 0 Å². The fraction of sp³-hybridized carbons (Fsp3) is 0.412. The van der Waals surface area contributed by atoms with E-state index in [9.17, 15) is 4.79 Å². The largest absolute Gasteiger partial charge is 0.493 e. The Morgan fingerprint density at radius 1 is 1.29 bits per heavy atom. The number of imidazole rings is 1. The van der Waals surface area contributed by atoms with Gasteiger partial charge in [0.1, 0.15) is 12.1 Å². The predicted octanol–water partition coefficient (Wildman–Crippen LogP) is 2.14. The smallest absolute Gasteiger partial charge is 0.255 e. The summed E-state index contributed by atoms with van der Waals surface area (Å²) in [7, 11) is 3.07. The summed E-state index contributed by atoms with van der Waals surface area (Å²) in [5.41, 5.74) is 6.85. The summed E-state index contributed by atoms with van der Waals surface area (Å²) in [5, 5.41) is 3.08. The Kier molecular flexibility index (Phi) is 4.59. The van der Waals surface area contributed by atoms with Gasteiger partial charge in [-0.2, -0.15) is 0 Å². The van der Waals surface area contributed by atoms with Crippen molar-refractivity contribution in [3.05, 3.63) is 30.2 Å². The Bertz CT molecular complexity index is 735. The molecule has 2 aromatic rings. The summed E-state index contributed by atoms with van der Waals surface area (Å²) in [6.07, 6.45) is 7.61. The molecule has 3 N–H and O–H groups in total. The first-order valence-corrected chi connectivity index (χ1v) is 7.99. The van der Waals surface area contributed by atoms with Crippen molar-refractivity contribution >= 4 is 11.7 Å². The monoisotopic (exact) mass is 330 g/mol. The van der Waals surface area contributed by atoms with Gasteiger partial charge >= 0.3 is 0 Å². The minimum atomic E-state index is -0.160. The minimum Gasteiger partial charge on any atom is -0.493 e. The number of methoxy groups -OCH3 is 2. The quantitative estimate of drug-likeness (QED) is 0.876. The van der Waals surface area contributed by atoms with Gasteiger partial charge in [0.15, 0.2) is 11.5 Å². The molecule has 0 spiro atoms. The van der Waals surface area contributed by atoms with Crippen LogP contribution in [-0.4, -0.2) is 35.7 Å². The van der Waals surface area contributed by atoms with Gasteiger partial charge in [0, 0.05) is 12.1 Å². The van der Waals surface area contributed by atoms with Crippen molar-refractivity contribution in [3.8, 4) is 17.2 Å². The van der Waals surface area contributed by atoms with Gasteiger partial charge < -0.3 is 25.1 Å². The van der Waals surface area contributed by atoms with E-state index in [1.54, 1.807) is 36.3 Å².